The van der Waals surface area contributed by atoms with Crippen LogP contribution in [-0.4, -0.2) is 40.7 Å². The third-order valence-electron chi connectivity index (χ3n) is 5.19. The van der Waals surface area contributed by atoms with Crippen molar-refractivity contribution in [2.45, 2.75) is 52.1 Å². The number of hydrogen-bond acceptors (Lipinski definition) is 2. The van der Waals surface area contributed by atoms with Crippen LogP contribution >= 0.6 is 0 Å². The van der Waals surface area contributed by atoms with Crippen molar-refractivity contribution in [3.05, 3.63) is 35.9 Å². The molecule has 2 unspecified atom stereocenters. The van der Waals surface area contributed by atoms with E-state index in [4.69, 9.17) is 0 Å². The SMILES string of the molecule is CC(C)N(Cc1ccccc1)C(=O)C1CC1C(=O)N1CCCCC1. The summed E-state index contributed by atoms with van der Waals surface area (Å²) >= 11 is 0. The lowest BCUT2D eigenvalue weighted by molar-refractivity contribution is -0.139. The Labute approximate surface area is 144 Å². The molecule has 0 radical (unpaired) electrons. The summed E-state index contributed by atoms with van der Waals surface area (Å²) in [5.74, 6) is 0.166. The van der Waals surface area contributed by atoms with E-state index in [1.807, 2.05) is 54.0 Å². The Balaban J connectivity index is 1.61. The molecule has 2 fully saturated rings. The third kappa shape index (κ3) is 3.80. The number of amides is 2. The van der Waals surface area contributed by atoms with E-state index in [0.717, 1.165) is 37.9 Å². The molecule has 1 saturated heterocycles. The van der Waals surface area contributed by atoms with Crippen LogP contribution in [0, 0.1) is 11.8 Å². The summed E-state index contributed by atoms with van der Waals surface area (Å²) in [6.07, 6.45) is 4.15. The summed E-state index contributed by atoms with van der Waals surface area (Å²) in [5.41, 5.74) is 1.14. The van der Waals surface area contributed by atoms with Gasteiger partial charge in [-0.15, -0.1) is 0 Å². The highest BCUT2D eigenvalue weighted by atomic mass is 16.2. The minimum Gasteiger partial charge on any atom is -0.342 e. The molecule has 130 valence electrons. The maximum Gasteiger partial charge on any atom is 0.227 e. The van der Waals surface area contributed by atoms with Gasteiger partial charge in [-0.25, -0.2) is 0 Å². The zero-order valence-electron chi connectivity index (χ0n) is 14.8. The number of carbonyl (C=O) groups is 2. The van der Waals surface area contributed by atoms with Gasteiger partial charge in [-0.1, -0.05) is 30.3 Å². The Bertz CT molecular complexity index is 579. The van der Waals surface area contributed by atoms with Crippen molar-refractivity contribution in [1.29, 1.82) is 0 Å². The summed E-state index contributed by atoms with van der Waals surface area (Å²) in [6, 6.07) is 10.2. The van der Waals surface area contributed by atoms with Crippen LogP contribution in [0.5, 0.6) is 0 Å². The first kappa shape index (κ1) is 17.0. The number of piperidine rings is 1. The van der Waals surface area contributed by atoms with Gasteiger partial charge in [0.2, 0.25) is 11.8 Å². The van der Waals surface area contributed by atoms with Crippen LogP contribution in [0.4, 0.5) is 0 Å². The van der Waals surface area contributed by atoms with Crippen LogP contribution in [0.1, 0.15) is 45.1 Å². The second kappa shape index (κ2) is 7.37. The summed E-state index contributed by atoms with van der Waals surface area (Å²) in [7, 11) is 0. The van der Waals surface area contributed by atoms with Gasteiger partial charge in [-0.2, -0.15) is 0 Å². The largest absolute Gasteiger partial charge is 0.342 e. The molecule has 0 aromatic heterocycles. The summed E-state index contributed by atoms with van der Waals surface area (Å²) in [4.78, 5) is 29.4. The Morgan fingerprint density at radius 3 is 2.38 bits per heavy atom. The van der Waals surface area contributed by atoms with Gasteiger partial charge in [0.05, 0.1) is 11.8 Å². The molecule has 2 amide bonds. The minimum absolute atomic E-state index is 0.0763. The van der Waals surface area contributed by atoms with Crippen LogP contribution in [0.3, 0.4) is 0 Å². The van der Waals surface area contributed by atoms with Crippen LogP contribution in [-0.2, 0) is 16.1 Å². The quantitative estimate of drug-likeness (QED) is 0.833. The normalized spacial score (nSPS) is 23.2. The number of likely N-dealkylation sites (tertiary alicyclic amines) is 1. The first-order valence-corrected chi connectivity index (χ1v) is 9.21. The molecule has 1 aromatic carbocycles. The van der Waals surface area contributed by atoms with Gasteiger partial charge in [-0.3, -0.25) is 9.59 Å². The summed E-state index contributed by atoms with van der Waals surface area (Å²) in [6.45, 7) is 6.45. The van der Waals surface area contributed by atoms with Gasteiger partial charge in [0.15, 0.2) is 0 Å². The van der Waals surface area contributed by atoms with E-state index in [-0.39, 0.29) is 29.7 Å². The van der Waals surface area contributed by atoms with Crippen molar-refractivity contribution in [2.24, 2.45) is 11.8 Å². The van der Waals surface area contributed by atoms with E-state index in [1.54, 1.807) is 0 Å². The fourth-order valence-corrected chi connectivity index (χ4v) is 3.60. The zero-order valence-corrected chi connectivity index (χ0v) is 14.8. The molecule has 1 saturated carbocycles. The maximum absolute atomic E-state index is 12.9. The fraction of sp³-hybridized carbons (Fsp3) is 0.600. The van der Waals surface area contributed by atoms with E-state index in [2.05, 4.69) is 0 Å². The molecular formula is C20H28N2O2. The molecule has 1 aromatic rings. The molecule has 4 nitrogen and oxygen atoms in total. The number of rotatable bonds is 5. The predicted molar refractivity (Wildman–Crippen MR) is 94.2 cm³/mol. The molecule has 2 aliphatic rings. The lowest BCUT2D eigenvalue weighted by atomic mass is 10.1. The number of nitrogens with zero attached hydrogens (tertiary/aromatic N) is 2. The lowest BCUT2D eigenvalue weighted by Crippen LogP contribution is -2.40. The highest BCUT2D eigenvalue weighted by Gasteiger charge is 2.51. The Kier molecular flexibility index (Phi) is 5.22. The highest BCUT2D eigenvalue weighted by molar-refractivity contribution is 5.92. The lowest BCUT2D eigenvalue weighted by Gasteiger charge is -2.29. The highest BCUT2D eigenvalue weighted by Crippen LogP contribution is 2.42. The maximum atomic E-state index is 12.9. The molecule has 0 spiro atoms. The molecule has 4 heteroatoms. The standard InChI is InChI=1S/C20H28N2O2/c1-15(2)22(14-16-9-5-3-6-10-16)20(24)18-13-17(18)19(23)21-11-7-4-8-12-21/h3,5-6,9-10,15,17-18H,4,7-8,11-14H2,1-2H3. The van der Waals surface area contributed by atoms with Gasteiger partial charge < -0.3 is 9.80 Å². The second-order valence-corrected chi connectivity index (χ2v) is 7.38. The van der Waals surface area contributed by atoms with Crippen LogP contribution in [0.15, 0.2) is 30.3 Å². The van der Waals surface area contributed by atoms with Crippen molar-refractivity contribution in [3.8, 4) is 0 Å². The predicted octanol–water partition coefficient (Wildman–Crippen LogP) is 3.07. The van der Waals surface area contributed by atoms with E-state index in [9.17, 15) is 9.59 Å². The third-order valence-corrected chi connectivity index (χ3v) is 5.19. The van der Waals surface area contributed by atoms with E-state index >= 15 is 0 Å². The second-order valence-electron chi connectivity index (χ2n) is 7.38. The first-order chi connectivity index (χ1) is 11.6. The van der Waals surface area contributed by atoms with Crippen molar-refractivity contribution >= 4 is 11.8 Å². The topological polar surface area (TPSA) is 40.6 Å². The Morgan fingerprint density at radius 2 is 1.75 bits per heavy atom. The monoisotopic (exact) mass is 328 g/mol. The zero-order chi connectivity index (χ0) is 17.1. The van der Waals surface area contributed by atoms with Gasteiger partial charge in [0.25, 0.3) is 0 Å². The van der Waals surface area contributed by atoms with Crippen molar-refractivity contribution in [3.63, 3.8) is 0 Å². The molecule has 1 aliphatic carbocycles. The van der Waals surface area contributed by atoms with Crippen LogP contribution in [0.25, 0.3) is 0 Å². The summed E-state index contributed by atoms with van der Waals surface area (Å²) in [5, 5.41) is 0. The van der Waals surface area contributed by atoms with Gasteiger partial charge in [-0.05, 0) is 45.1 Å². The van der Waals surface area contributed by atoms with Crippen LogP contribution < -0.4 is 0 Å². The Hall–Kier alpha value is -1.84. The molecule has 0 N–H and O–H groups in total. The number of benzene rings is 1. The number of hydrogen-bond donors (Lipinski definition) is 0. The summed E-state index contributed by atoms with van der Waals surface area (Å²) < 4.78 is 0. The molecule has 24 heavy (non-hydrogen) atoms. The van der Waals surface area contributed by atoms with Crippen molar-refractivity contribution in [2.75, 3.05) is 13.1 Å². The molecule has 1 aliphatic heterocycles. The Morgan fingerprint density at radius 1 is 1.08 bits per heavy atom. The smallest absolute Gasteiger partial charge is 0.227 e. The van der Waals surface area contributed by atoms with Gasteiger partial charge in [0, 0.05) is 25.7 Å². The average Bonchev–Trinajstić information content (AvgIpc) is 3.40. The van der Waals surface area contributed by atoms with E-state index < -0.39 is 0 Å². The molecular weight excluding hydrogens is 300 g/mol. The van der Waals surface area contributed by atoms with Crippen molar-refractivity contribution < 1.29 is 9.59 Å². The average molecular weight is 328 g/mol. The van der Waals surface area contributed by atoms with Gasteiger partial charge >= 0.3 is 0 Å². The molecule has 3 rings (SSSR count). The van der Waals surface area contributed by atoms with Crippen LogP contribution in [0.2, 0.25) is 0 Å². The molecule has 2 atom stereocenters. The fourth-order valence-electron chi connectivity index (χ4n) is 3.60. The van der Waals surface area contributed by atoms with Gasteiger partial charge in [0.1, 0.15) is 0 Å². The van der Waals surface area contributed by atoms with E-state index in [1.165, 1.54) is 6.42 Å². The molecule has 0 bridgehead atoms. The minimum atomic E-state index is -0.106. The van der Waals surface area contributed by atoms with Crippen molar-refractivity contribution in [1.82, 2.24) is 9.80 Å². The molecule has 1 heterocycles. The number of carbonyl (C=O) groups excluding carboxylic acids is 2. The van der Waals surface area contributed by atoms with E-state index in [0.29, 0.717) is 6.54 Å². The first-order valence-electron chi connectivity index (χ1n) is 9.21.